The first-order chi connectivity index (χ1) is 15.5. The second-order valence-electron chi connectivity index (χ2n) is 7.95. The quantitative estimate of drug-likeness (QED) is 0.298. The number of carbonyl (C=O) groups is 1. The Hall–Kier alpha value is -3.30. The van der Waals surface area contributed by atoms with E-state index in [1.807, 2.05) is 72.8 Å². The average Bonchev–Trinajstić information content (AvgIpc) is 3.08. The van der Waals surface area contributed by atoms with Crippen molar-refractivity contribution in [1.29, 1.82) is 0 Å². The molecule has 1 heterocycles. The maximum atomic E-state index is 13.4. The van der Waals surface area contributed by atoms with Crippen molar-refractivity contribution >= 4 is 17.6 Å². The first-order valence-corrected chi connectivity index (χ1v) is 11.1. The first kappa shape index (κ1) is 21.9. The largest absolute Gasteiger partial charge is 0.460 e. The molecular formula is C28H26ClNO2. The summed E-state index contributed by atoms with van der Waals surface area (Å²) in [6, 6.07) is 29.6. The molecule has 0 bridgehead atoms. The SMILES string of the molecule is Cc1cc(C(C(=O)OCc2ccccc2)c2ccccc2Cl)c(C)n1Cc1ccccc1. The van der Waals surface area contributed by atoms with Crippen molar-refractivity contribution in [2.24, 2.45) is 0 Å². The van der Waals surface area contributed by atoms with E-state index in [0.29, 0.717) is 5.02 Å². The summed E-state index contributed by atoms with van der Waals surface area (Å²) in [5, 5.41) is 0.557. The van der Waals surface area contributed by atoms with E-state index in [4.69, 9.17) is 16.3 Å². The molecule has 4 rings (SSSR count). The highest BCUT2D eigenvalue weighted by Crippen LogP contribution is 2.35. The molecule has 0 aliphatic carbocycles. The second-order valence-corrected chi connectivity index (χ2v) is 8.35. The second kappa shape index (κ2) is 9.88. The summed E-state index contributed by atoms with van der Waals surface area (Å²) in [7, 11) is 0. The van der Waals surface area contributed by atoms with Crippen LogP contribution in [0.25, 0.3) is 0 Å². The van der Waals surface area contributed by atoms with E-state index in [-0.39, 0.29) is 12.6 Å². The molecule has 1 aromatic heterocycles. The molecule has 3 aromatic carbocycles. The molecule has 0 saturated carbocycles. The minimum Gasteiger partial charge on any atom is -0.460 e. The van der Waals surface area contributed by atoms with Gasteiger partial charge in [0.1, 0.15) is 12.5 Å². The summed E-state index contributed by atoms with van der Waals surface area (Å²) >= 11 is 6.54. The molecule has 162 valence electrons. The molecule has 4 aromatic rings. The third-order valence-electron chi connectivity index (χ3n) is 5.78. The Bertz CT molecular complexity index is 1200. The van der Waals surface area contributed by atoms with Gasteiger partial charge in [-0.3, -0.25) is 4.79 Å². The number of nitrogens with zero attached hydrogens (tertiary/aromatic N) is 1. The number of esters is 1. The zero-order valence-corrected chi connectivity index (χ0v) is 19.0. The van der Waals surface area contributed by atoms with Gasteiger partial charge in [-0.15, -0.1) is 0 Å². The van der Waals surface area contributed by atoms with Gasteiger partial charge in [0.2, 0.25) is 0 Å². The van der Waals surface area contributed by atoms with Crippen LogP contribution in [0.5, 0.6) is 0 Å². The smallest absolute Gasteiger partial charge is 0.318 e. The van der Waals surface area contributed by atoms with Crippen LogP contribution in [0.15, 0.2) is 91.0 Å². The van der Waals surface area contributed by atoms with Crippen molar-refractivity contribution in [3.05, 3.63) is 130 Å². The normalized spacial score (nSPS) is 11.8. The molecule has 0 amide bonds. The van der Waals surface area contributed by atoms with Gasteiger partial charge in [0.05, 0.1) is 0 Å². The summed E-state index contributed by atoms with van der Waals surface area (Å²) in [6.07, 6.45) is 0. The lowest BCUT2D eigenvalue weighted by atomic mass is 9.91. The van der Waals surface area contributed by atoms with Gasteiger partial charge < -0.3 is 9.30 Å². The molecule has 4 heteroatoms. The highest BCUT2D eigenvalue weighted by atomic mass is 35.5. The zero-order valence-electron chi connectivity index (χ0n) is 18.3. The van der Waals surface area contributed by atoms with Gasteiger partial charge in [-0.05, 0) is 48.2 Å². The van der Waals surface area contributed by atoms with Crippen molar-refractivity contribution in [2.75, 3.05) is 0 Å². The molecule has 0 saturated heterocycles. The fraction of sp³-hybridized carbons (Fsp3) is 0.179. The van der Waals surface area contributed by atoms with Crippen molar-refractivity contribution < 1.29 is 9.53 Å². The molecule has 0 fully saturated rings. The number of carbonyl (C=O) groups excluding carboxylic acids is 1. The van der Waals surface area contributed by atoms with Crippen LogP contribution in [0.1, 0.15) is 39.6 Å². The Kier molecular flexibility index (Phi) is 6.77. The lowest BCUT2D eigenvalue weighted by molar-refractivity contribution is -0.145. The number of hydrogen-bond acceptors (Lipinski definition) is 2. The maximum Gasteiger partial charge on any atom is 0.318 e. The Morgan fingerprint density at radius 1 is 0.844 bits per heavy atom. The van der Waals surface area contributed by atoms with Crippen molar-refractivity contribution in [1.82, 2.24) is 4.57 Å². The molecular weight excluding hydrogens is 418 g/mol. The van der Waals surface area contributed by atoms with Gasteiger partial charge in [-0.2, -0.15) is 0 Å². The summed E-state index contributed by atoms with van der Waals surface area (Å²) < 4.78 is 8.00. The maximum absolute atomic E-state index is 13.4. The van der Waals surface area contributed by atoms with Crippen LogP contribution in [0.4, 0.5) is 0 Å². The van der Waals surface area contributed by atoms with E-state index in [0.717, 1.165) is 34.6 Å². The third-order valence-corrected chi connectivity index (χ3v) is 6.13. The predicted octanol–water partition coefficient (Wildman–Crippen LogP) is 6.68. The molecule has 0 aliphatic heterocycles. The standard InChI is InChI=1S/C28H26ClNO2/c1-20-17-25(21(2)30(20)18-22-11-5-3-6-12-22)27(24-15-9-10-16-26(24)29)28(31)32-19-23-13-7-4-8-14-23/h3-17,27H,18-19H2,1-2H3. The fourth-order valence-corrected chi connectivity index (χ4v) is 4.32. The molecule has 0 spiro atoms. The summed E-state index contributed by atoms with van der Waals surface area (Å²) in [5.74, 6) is -0.898. The van der Waals surface area contributed by atoms with E-state index < -0.39 is 5.92 Å². The highest BCUT2D eigenvalue weighted by Gasteiger charge is 2.30. The topological polar surface area (TPSA) is 31.2 Å². The Morgan fingerprint density at radius 2 is 1.44 bits per heavy atom. The average molecular weight is 444 g/mol. The van der Waals surface area contributed by atoms with Crippen LogP contribution >= 0.6 is 11.6 Å². The third kappa shape index (κ3) is 4.79. The van der Waals surface area contributed by atoms with Crippen molar-refractivity contribution in [2.45, 2.75) is 32.9 Å². The first-order valence-electron chi connectivity index (χ1n) is 10.7. The van der Waals surface area contributed by atoms with E-state index in [1.54, 1.807) is 0 Å². The van der Waals surface area contributed by atoms with Gasteiger partial charge in [0.25, 0.3) is 0 Å². The minimum atomic E-state index is -0.594. The van der Waals surface area contributed by atoms with Gasteiger partial charge in [0.15, 0.2) is 0 Å². The van der Waals surface area contributed by atoms with Crippen molar-refractivity contribution in [3.8, 4) is 0 Å². The van der Waals surface area contributed by atoms with Crippen LogP contribution in [0.2, 0.25) is 5.02 Å². The molecule has 1 atom stereocenters. The number of benzene rings is 3. The van der Waals surface area contributed by atoms with Crippen LogP contribution in [-0.4, -0.2) is 10.5 Å². The van der Waals surface area contributed by atoms with Crippen molar-refractivity contribution in [3.63, 3.8) is 0 Å². The Labute approximate surface area is 194 Å². The lowest BCUT2D eigenvalue weighted by Crippen LogP contribution is -2.18. The van der Waals surface area contributed by atoms with E-state index >= 15 is 0 Å². The molecule has 0 N–H and O–H groups in total. The highest BCUT2D eigenvalue weighted by molar-refractivity contribution is 6.31. The molecule has 0 radical (unpaired) electrons. The van der Waals surface area contributed by atoms with Gasteiger partial charge >= 0.3 is 5.97 Å². The molecule has 1 unspecified atom stereocenters. The van der Waals surface area contributed by atoms with E-state index in [9.17, 15) is 4.79 Å². The number of ether oxygens (including phenoxy) is 1. The monoisotopic (exact) mass is 443 g/mol. The molecule has 32 heavy (non-hydrogen) atoms. The Morgan fingerprint density at radius 3 is 2.09 bits per heavy atom. The van der Waals surface area contributed by atoms with Crippen LogP contribution in [0, 0.1) is 13.8 Å². The van der Waals surface area contributed by atoms with Gasteiger partial charge in [-0.1, -0.05) is 90.5 Å². The zero-order chi connectivity index (χ0) is 22.5. The number of hydrogen-bond donors (Lipinski definition) is 0. The van der Waals surface area contributed by atoms with E-state index in [2.05, 4.69) is 36.6 Å². The van der Waals surface area contributed by atoms with Gasteiger partial charge in [-0.25, -0.2) is 0 Å². The summed E-state index contributed by atoms with van der Waals surface area (Å²) in [5.41, 5.74) is 5.97. The number of aryl methyl sites for hydroxylation is 1. The molecule has 3 nitrogen and oxygen atoms in total. The summed E-state index contributed by atoms with van der Waals surface area (Å²) in [4.78, 5) is 13.4. The predicted molar refractivity (Wildman–Crippen MR) is 129 cm³/mol. The Balaban J connectivity index is 1.70. The number of aromatic nitrogens is 1. The lowest BCUT2D eigenvalue weighted by Gasteiger charge is -2.19. The van der Waals surface area contributed by atoms with Gasteiger partial charge in [0, 0.05) is 23.0 Å². The molecule has 0 aliphatic rings. The number of halogens is 1. The van der Waals surface area contributed by atoms with E-state index in [1.165, 1.54) is 5.56 Å². The van der Waals surface area contributed by atoms with Crippen LogP contribution in [0.3, 0.4) is 0 Å². The van der Waals surface area contributed by atoms with Crippen LogP contribution in [-0.2, 0) is 22.7 Å². The van der Waals surface area contributed by atoms with Crippen LogP contribution < -0.4 is 0 Å². The minimum absolute atomic E-state index is 0.226. The number of rotatable bonds is 7. The summed E-state index contributed by atoms with van der Waals surface area (Å²) in [6.45, 7) is 5.09. The fourth-order valence-electron chi connectivity index (χ4n) is 4.07.